The summed E-state index contributed by atoms with van der Waals surface area (Å²) >= 11 is -0.556. The van der Waals surface area contributed by atoms with Gasteiger partial charge >= 0.3 is 35.6 Å². The number of halogens is 5. The van der Waals surface area contributed by atoms with Gasteiger partial charge in [-0.05, 0) is 18.1 Å². The second kappa shape index (κ2) is 9.98. The predicted octanol–water partition coefficient (Wildman–Crippen LogP) is 5.50. The van der Waals surface area contributed by atoms with Crippen LogP contribution in [0.4, 0.5) is 18.9 Å². The van der Waals surface area contributed by atoms with Crippen LogP contribution in [0, 0.1) is 17.5 Å². The number of hydrogen-bond acceptors (Lipinski definition) is 2. The van der Waals surface area contributed by atoms with Crippen molar-refractivity contribution in [2.24, 2.45) is 4.99 Å². The number of aryl methyl sites for hydroxylation is 1. The first-order valence-corrected chi connectivity index (χ1v) is 10.7. The molecule has 0 aliphatic rings. The molecule has 0 amide bonds. The van der Waals surface area contributed by atoms with Crippen molar-refractivity contribution < 1.29 is 35.3 Å². The van der Waals surface area contributed by atoms with Gasteiger partial charge in [-0.2, -0.15) is 0 Å². The first-order chi connectivity index (χ1) is 10.9. The Labute approximate surface area is 148 Å². The molecule has 0 radical (unpaired) electrons. The minimum atomic E-state index is -1.09. The summed E-state index contributed by atoms with van der Waals surface area (Å²) in [7, 11) is 9.78. The SMILES string of the molecule is CCc1cccc(C=Nc2c(F)cc(F)cc2F)c1O.[Cl][Ti][Cl]. The van der Waals surface area contributed by atoms with Crippen LogP contribution in [0.5, 0.6) is 5.75 Å². The molecule has 0 aliphatic heterocycles. The fourth-order valence-corrected chi connectivity index (χ4v) is 1.79. The topological polar surface area (TPSA) is 32.6 Å². The summed E-state index contributed by atoms with van der Waals surface area (Å²) in [6.07, 6.45) is 1.76. The zero-order chi connectivity index (χ0) is 17.4. The van der Waals surface area contributed by atoms with Gasteiger partial charge in [0.25, 0.3) is 0 Å². The Morgan fingerprint density at radius 1 is 1.17 bits per heavy atom. The van der Waals surface area contributed by atoms with E-state index in [9.17, 15) is 18.3 Å². The van der Waals surface area contributed by atoms with Gasteiger partial charge in [0.2, 0.25) is 0 Å². The zero-order valence-electron chi connectivity index (χ0n) is 12.0. The molecule has 2 aromatic carbocycles. The molecule has 0 saturated heterocycles. The van der Waals surface area contributed by atoms with Gasteiger partial charge in [0.15, 0.2) is 11.6 Å². The molecular formula is C15H12Cl2F3NOTi. The summed E-state index contributed by atoms with van der Waals surface area (Å²) in [5, 5.41) is 9.91. The third-order valence-corrected chi connectivity index (χ3v) is 2.85. The average Bonchev–Trinajstić information content (AvgIpc) is 2.48. The van der Waals surface area contributed by atoms with Crippen molar-refractivity contribution in [1.82, 2.24) is 0 Å². The van der Waals surface area contributed by atoms with Gasteiger partial charge in [-0.25, -0.2) is 18.2 Å². The van der Waals surface area contributed by atoms with Crippen molar-refractivity contribution in [3.63, 3.8) is 0 Å². The number of para-hydroxylation sites is 1. The summed E-state index contributed by atoms with van der Waals surface area (Å²) in [6.45, 7) is 1.87. The molecule has 0 aliphatic carbocycles. The number of aromatic hydroxyl groups is 1. The summed E-state index contributed by atoms with van der Waals surface area (Å²) in [5.74, 6) is -3.17. The van der Waals surface area contributed by atoms with Crippen LogP contribution in [0.3, 0.4) is 0 Å². The number of hydrogen-bond donors (Lipinski definition) is 1. The van der Waals surface area contributed by atoms with Crippen LogP contribution in [-0.4, -0.2) is 11.3 Å². The number of phenols is 1. The van der Waals surface area contributed by atoms with Crippen LogP contribution in [0.15, 0.2) is 35.3 Å². The number of phenolic OH excluding ortho intramolecular Hbond substituents is 1. The molecule has 0 atom stereocenters. The molecule has 0 fully saturated rings. The van der Waals surface area contributed by atoms with Crippen molar-refractivity contribution in [2.45, 2.75) is 13.3 Å². The van der Waals surface area contributed by atoms with E-state index in [1.54, 1.807) is 18.2 Å². The van der Waals surface area contributed by atoms with Crippen molar-refractivity contribution >= 4 is 30.5 Å². The summed E-state index contributed by atoms with van der Waals surface area (Å²) < 4.78 is 39.6. The van der Waals surface area contributed by atoms with Crippen LogP contribution in [0.1, 0.15) is 18.1 Å². The first-order valence-electron chi connectivity index (χ1n) is 6.40. The van der Waals surface area contributed by atoms with E-state index in [0.717, 1.165) is 6.21 Å². The molecule has 0 aromatic heterocycles. The molecule has 0 heterocycles. The third kappa shape index (κ3) is 5.85. The molecule has 0 spiro atoms. The van der Waals surface area contributed by atoms with Gasteiger partial charge in [-0.3, -0.25) is 0 Å². The average molecular weight is 398 g/mol. The minimum absolute atomic E-state index is 0.0154. The van der Waals surface area contributed by atoms with E-state index < -0.39 is 40.2 Å². The monoisotopic (exact) mass is 397 g/mol. The summed E-state index contributed by atoms with van der Waals surface area (Å²) in [5.41, 5.74) is 0.453. The van der Waals surface area contributed by atoms with Crippen molar-refractivity contribution in [3.8, 4) is 5.75 Å². The molecule has 2 aromatic rings. The van der Waals surface area contributed by atoms with E-state index in [1.165, 1.54) is 0 Å². The van der Waals surface area contributed by atoms with Crippen molar-refractivity contribution in [2.75, 3.05) is 0 Å². The first kappa shape index (κ1) is 20.0. The van der Waals surface area contributed by atoms with Crippen LogP contribution in [-0.2, 0) is 23.5 Å². The van der Waals surface area contributed by atoms with Gasteiger partial charge in [0.1, 0.15) is 17.3 Å². The van der Waals surface area contributed by atoms with E-state index in [1.807, 2.05) is 6.92 Å². The van der Waals surface area contributed by atoms with E-state index in [2.05, 4.69) is 4.99 Å². The molecule has 122 valence electrons. The summed E-state index contributed by atoms with van der Waals surface area (Å²) in [4.78, 5) is 3.65. The van der Waals surface area contributed by atoms with Gasteiger partial charge in [0, 0.05) is 23.9 Å². The Bertz CT molecular complexity index is 675. The molecule has 2 rings (SSSR count). The molecule has 8 heteroatoms. The van der Waals surface area contributed by atoms with E-state index >= 15 is 0 Å². The van der Waals surface area contributed by atoms with Crippen LogP contribution in [0.2, 0.25) is 0 Å². The van der Waals surface area contributed by atoms with E-state index in [-0.39, 0.29) is 5.75 Å². The molecule has 0 bridgehead atoms. The van der Waals surface area contributed by atoms with Gasteiger partial charge in [-0.15, -0.1) is 0 Å². The van der Waals surface area contributed by atoms with E-state index in [4.69, 9.17) is 18.6 Å². The molecule has 0 unspecified atom stereocenters. The standard InChI is InChI=1S/C15H12F3NO.2ClH.Ti/c1-2-9-4-3-5-10(15(9)20)8-19-14-12(17)6-11(16)7-13(14)18;;;/h3-8,20H,2H2,1H3;2*1H;/q;;;+2/p-2. The zero-order valence-corrected chi connectivity index (χ0v) is 15.0. The molecule has 1 N–H and O–H groups in total. The predicted molar refractivity (Wildman–Crippen MR) is 82.8 cm³/mol. The van der Waals surface area contributed by atoms with Crippen LogP contribution >= 0.6 is 18.6 Å². The Morgan fingerprint density at radius 3 is 2.26 bits per heavy atom. The second-order valence-electron chi connectivity index (χ2n) is 4.26. The molecule has 2 nitrogen and oxygen atoms in total. The molecule has 0 saturated carbocycles. The van der Waals surface area contributed by atoms with Crippen LogP contribution < -0.4 is 0 Å². The maximum atomic E-state index is 13.4. The Morgan fingerprint density at radius 2 is 1.74 bits per heavy atom. The normalized spacial score (nSPS) is 10.3. The summed E-state index contributed by atoms with van der Waals surface area (Å²) in [6, 6.07) is 6.12. The number of benzene rings is 2. The van der Waals surface area contributed by atoms with Crippen molar-refractivity contribution in [1.29, 1.82) is 0 Å². The number of rotatable bonds is 3. The Hall–Kier alpha value is -1.01. The Balaban J connectivity index is 0.000000816. The Kier molecular flexibility index (Phi) is 8.70. The second-order valence-corrected chi connectivity index (χ2v) is 6.84. The molecule has 23 heavy (non-hydrogen) atoms. The third-order valence-electron chi connectivity index (χ3n) is 2.85. The van der Waals surface area contributed by atoms with Crippen LogP contribution in [0.25, 0.3) is 0 Å². The van der Waals surface area contributed by atoms with E-state index in [0.29, 0.717) is 29.7 Å². The quantitative estimate of drug-likeness (QED) is 0.538. The van der Waals surface area contributed by atoms with Gasteiger partial charge < -0.3 is 5.11 Å². The number of nitrogens with zero attached hydrogens (tertiary/aromatic N) is 1. The molecular weight excluding hydrogens is 386 g/mol. The van der Waals surface area contributed by atoms with Gasteiger partial charge in [-0.1, -0.05) is 19.1 Å². The maximum absolute atomic E-state index is 13.4. The van der Waals surface area contributed by atoms with Gasteiger partial charge in [0.05, 0.1) is 0 Å². The van der Waals surface area contributed by atoms with Crippen molar-refractivity contribution in [3.05, 3.63) is 58.9 Å². The fourth-order valence-electron chi connectivity index (χ4n) is 1.79. The fraction of sp³-hybridized carbons (Fsp3) is 0.133. The number of aliphatic imine (C=N–C) groups is 1.